The summed E-state index contributed by atoms with van der Waals surface area (Å²) in [6, 6.07) is 13.1. The molecule has 1 fully saturated rings. The van der Waals surface area contributed by atoms with Crippen LogP contribution in [0.1, 0.15) is 35.8 Å². The molecule has 3 heterocycles. The van der Waals surface area contributed by atoms with E-state index in [9.17, 15) is 9.59 Å². The van der Waals surface area contributed by atoms with Gasteiger partial charge in [0, 0.05) is 39.2 Å². The van der Waals surface area contributed by atoms with Gasteiger partial charge in [-0.3, -0.25) is 25.0 Å². The van der Waals surface area contributed by atoms with Gasteiger partial charge in [0.15, 0.2) is 5.49 Å². The first-order valence-corrected chi connectivity index (χ1v) is 10.4. The van der Waals surface area contributed by atoms with Crippen molar-refractivity contribution in [3.63, 3.8) is 0 Å². The van der Waals surface area contributed by atoms with Crippen molar-refractivity contribution in [3.8, 4) is 0 Å². The number of nitrogens with zero attached hydrogens (tertiary/aromatic N) is 2. The summed E-state index contributed by atoms with van der Waals surface area (Å²) in [5.74, 6) is 0.0377. The SMILES string of the molecule is N=C(C1CCOCC1)n1c(=N)c(=O)[nH]c2cc(C(=O)N3Cc4ccccc4C3)ccc21.[HH]. The first-order valence-electron chi connectivity index (χ1n) is 10.4. The van der Waals surface area contributed by atoms with Gasteiger partial charge in [0.05, 0.1) is 11.0 Å². The van der Waals surface area contributed by atoms with Crippen LogP contribution in [0.15, 0.2) is 47.3 Å². The summed E-state index contributed by atoms with van der Waals surface area (Å²) in [5, 5.41) is 16.9. The predicted octanol–water partition coefficient (Wildman–Crippen LogP) is 2.46. The number of benzene rings is 2. The smallest absolute Gasteiger partial charge is 0.291 e. The Balaban J connectivity index is 0.00000245. The van der Waals surface area contributed by atoms with E-state index in [1.165, 1.54) is 4.57 Å². The minimum absolute atomic E-state index is 0. The molecular formula is C23H25N5O3. The Morgan fingerprint density at radius 3 is 2.45 bits per heavy atom. The fourth-order valence-electron chi connectivity index (χ4n) is 4.43. The van der Waals surface area contributed by atoms with Crippen molar-refractivity contribution in [1.29, 1.82) is 10.8 Å². The molecule has 0 spiro atoms. The second-order valence-corrected chi connectivity index (χ2v) is 8.07. The Morgan fingerprint density at radius 2 is 1.77 bits per heavy atom. The summed E-state index contributed by atoms with van der Waals surface area (Å²) in [4.78, 5) is 30.0. The third-order valence-corrected chi connectivity index (χ3v) is 6.15. The molecule has 0 saturated carbocycles. The standard InChI is InChI=1S/C23H23N5O3.H2/c24-20(14-7-9-31-10-8-14)28-19-6-5-15(11-18(19)26-22(29)21(28)25)23(30)27-12-16-3-1-2-4-17(16)13-27;/h1-6,11,14,24-25H,7-10,12-13H2,(H,26,29);1H. The van der Waals surface area contributed by atoms with Gasteiger partial charge in [-0.1, -0.05) is 24.3 Å². The van der Waals surface area contributed by atoms with Crippen molar-refractivity contribution in [2.24, 2.45) is 5.92 Å². The summed E-state index contributed by atoms with van der Waals surface area (Å²) >= 11 is 0. The highest BCUT2D eigenvalue weighted by Gasteiger charge is 2.25. The van der Waals surface area contributed by atoms with E-state index < -0.39 is 5.56 Å². The summed E-state index contributed by atoms with van der Waals surface area (Å²) in [6.07, 6.45) is 1.37. The molecule has 1 amide bonds. The summed E-state index contributed by atoms with van der Waals surface area (Å²) in [6.45, 7) is 2.26. The molecule has 0 aliphatic carbocycles. The van der Waals surface area contributed by atoms with Gasteiger partial charge in [0.2, 0.25) is 0 Å². The minimum atomic E-state index is -0.581. The number of aromatic nitrogens is 2. The number of ether oxygens (including phenoxy) is 1. The van der Waals surface area contributed by atoms with Gasteiger partial charge in [-0.15, -0.1) is 0 Å². The molecule has 1 saturated heterocycles. The van der Waals surface area contributed by atoms with Gasteiger partial charge in [0.1, 0.15) is 5.84 Å². The normalized spacial score (nSPS) is 16.5. The average Bonchev–Trinajstić information content (AvgIpc) is 3.24. The number of nitrogens with one attached hydrogen (secondary N) is 3. The number of carbonyl (C=O) groups is 1. The topological polar surface area (TPSA) is 115 Å². The van der Waals surface area contributed by atoms with Crippen molar-refractivity contribution in [2.75, 3.05) is 13.2 Å². The second kappa shape index (κ2) is 7.63. The maximum absolute atomic E-state index is 13.1. The van der Waals surface area contributed by atoms with Gasteiger partial charge >= 0.3 is 0 Å². The fourth-order valence-corrected chi connectivity index (χ4v) is 4.43. The molecule has 0 atom stereocenters. The van der Waals surface area contributed by atoms with Crippen molar-refractivity contribution >= 4 is 22.8 Å². The van der Waals surface area contributed by atoms with Gasteiger partial charge in [-0.25, -0.2) is 0 Å². The van der Waals surface area contributed by atoms with Crippen LogP contribution in [0.2, 0.25) is 0 Å². The van der Waals surface area contributed by atoms with E-state index in [0.717, 1.165) is 11.1 Å². The Morgan fingerprint density at radius 1 is 1.10 bits per heavy atom. The van der Waals surface area contributed by atoms with Crippen molar-refractivity contribution in [1.82, 2.24) is 14.5 Å². The van der Waals surface area contributed by atoms with E-state index in [4.69, 9.17) is 15.6 Å². The second-order valence-electron chi connectivity index (χ2n) is 8.07. The molecule has 3 aromatic rings. The Bertz CT molecular complexity index is 1300. The van der Waals surface area contributed by atoms with Crippen LogP contribution >= 0.6 is 0 Å². The lowest BCUT2D eigenvalue weighted by Gasteiger charge is -2.24. The number of hydrogen-bond donors (Lipinski definition) is 3. The Kier molecular flexibility index (Phi) is 4.78. The van der Waals surface area contributed by atoms with Crippen LogP contribution in [0.5, 0.6) is 0 Å². The summed E-state index contributed by atoms with van der Waals surface area (Å²) in [5.41, 5.74) is 2.89. The average molecular weight is 419 g/mol. The van der Waals surface area contributed by atoms with Crippen LogP contribution < -0.4 is 11.0 Å². The lowest BCUT2D eigenvalue weighted by atomic mass is 9.98. The molecule has 160 valence electrons. The third-order valence-electron chi connectivity index (χ3n) is 6.15. The maximum atomic E-state index is 13.1. The molecule has 2 aromatic carbocycles. The van der Waals surface area contributed by atoms with E-state index in [1.54, 1.807) is 23.1 Å². The first kappa shape index (κ1) is 19.4. The van der Waals surface area contributed by atoms with Crippen LogP contribution in [0.4, 0.5) is 0 Å². The summed E-state index contributed by atoms with van der Waals surface area (Å²) in [7, 11) is 0. The molecule has 1 aromatic heterocycles. The fraction of sp³-hybridized carbons (Fsp3) is 0.304. The molecule has 8 heteroatoms. The molecule has 31 heavy (non-hydrogen) atoms. The van der Waals surface area contributed by atoms with E-state index in [2.05, 4.69) is 4.98 Å². The van der Waals surface area contributed by atoms with Gasteiger partial charge < -0.3 is 14.6 Å². The largest absolute Gasteiger partial charge is 0.381 e. The highest BCUT2D eigenvalue weighted by molar-refractivity contribution is 5.99. The highest BCUT2D eigenvalue weighted by atomic mass is 16.5. The number of fused-ring (bicyclic) bond motifs is 2. The molecule has 0 radical (unpaired) electrons. The summed E-state index contributed by atoms with van der Waals surface area (Å²) < 4.78 is 6.77. The van der Waals surface area contributed by atoms with Crippen LogP contribution in [-0.4, -0.2) is 39.4 Å². The van der Waals surface area contributed by atoms with E-state index in [-0.39, 0.29) is 24.6 Å². The Hall–Kier alpha value is -3.52. The molecule has 2 aliphatic heterocycles. The number of H-pyrrole nitrogens is 1. The number of amides is 1. The van der Waals surface area contributed by atoms with Gasteiger partial charge in [0.25, 0.3) is 11.5 Å². The zero-order chi connectivity index (χ0) is 21.5. The van der Waals surface area contributed by atoms with E-state index >= 15 is 0 Å². The van der Waals surface area contributed by atoms with Gasteiger partial charge in [-0.05, 0) is 42.2 Å². The molecule has 8 nitrogen and oxygen atoms in total. The maximum Gasteiger partial charge on any atom is 0.291 e. The number of rotatable bonds is 2. The molecule has 0 unspecified atom stereocenters. The van der Waals surface area contributed by atoms with Crippen molar-refractivity contribution in [2.45, 2.75) is 25.9 Å². The van der Waals surface area contributed by atoms with Crippen LogP contribution in [-0.2, 0) is 17.8 Å². The minimum Gasteiger partial charge on any atom is -0.381 e. The zero-order valence-corrected chi connectivity index (χ0v) is 17.0. The lowest BCUT2D eigenvalue weighted by molar-refractivity contribution is 0.0751. The quantitative estimate of drug-likeness (QED) is 0.438. The lowest BCUT2D eigenvalue weighted by Crippen LogP contribution is -2.43. The monoisotopic (exact) mass is 419 g/mol. The first-order chi connectivity index (χ1) is 15.0. The molecule has 0 bridgehead atoms. The number of aromatic amines is 1. The van der Waals surface area contributed by atoms with Crippen LogP contribution in [0.3, 0.4) is 0 Å². The number of hydrogen-bond acceptors (Lipinski definition) is 5. The van der Waals surface area contributed by atoms with Crippen molar-refractivity contribution in [3.05, 3.63) is 75.0 Å². The van der Waals surface area contributed by atoms with E-state index in [0.29, 0.717) is 55.7 Å². The number of carbonyl (C=O) groups excluding carboxylic acids is 1. The highest BCUT2D eigenvalue weighted by Crippen LogP contribution is 2.25. The van der Waals surface area contributed by atoms with Crippen LogP contribution in [0.25, 0.3) is 11.0 Å². The van der Waals surface area contributed by atoms with E-state index in [1.807, 2.05) is 24.3 Å². The van der Waals surface area contributed by atoms with Crippen molar-refractivity contribution < 1.29 is 11.0 Å². The zero-order valence-electron chi connectivity index (χ0n) is 17.0. The Labute approximate surface area is 179 Å². The predicted molar refractivity (Wildman–Crippen MR) is 117 cm³/mol. The third kappa shape index (κ3) is 3.38. The molecular weight excluding hydrogens is 394 g/mol. The molecule has 2 aliphatic rings. The van der Waals surface area contributed by atoms with Crippen LogP contribution in [0, 0.1) is 16.7 Å². The molecule has 5 rings (SSSR count). The molecule has 3 N–H and O–H groups in total. The van der Waals surface area contributed by atoms with Gasteiger partial charge in [-0.2, -0.15) is 0 Å².